The van der Waals surface area contributed by atoms with E-state index < -0.39 is 0 Å². The number of allylic oxidation sites excluding steroid dienone is 2. The van der Waals surface area contributed by atoms with Crippen LogP contribution in [0.5, 0.6) is 0 Å². The van der Waals surface area contributed by atoms with E-state index in [1.165, 1.54) is 5.56 Å². The van der Waals surface area contributed by atoms with Crippen LogP contribution in [0.2, 0.25) is 5.02 Å². The first-order valence-corrected chi connectivity index (χ1v) is 13.1. The molecular formula is C30H33ClN6O. The molecule has 1 aliphatic rings. The minimum absolute atomic E-state index is 0.119. The summed E-state index contributed by atoms with van der Waals surface area (Å²) in [6, 6.07) is 10.3. The Morgan fingerprint density at radius 3 is 2.50 bits per heavy atom. The van der Waals surface area contributed by atoms with Gasteiger partial charge in [-0.2, -0.15) is 0 Å². The van der Waals surface area contributed by atoms with E-state index in [1.807, 2.05) is 30.2 Å². The van der Waals surface area contributed by atoms with Gasteiger partial charge in [0.2, 0.25) is 5.91 Å². The highest BCUT2D eigenvalue weighted by Crippen LogP contribution is 2.35. The lowest BCUT2D eigenvalue weighted by Crippen LogP contribution is -2.49. The number of halogens is 1. The Kier molecular flexibility index (Phi) is 9.02. The first kappa shape index (κ1) is 27.2. The van der Waals surface area contributed by atoms with Gasteiger partial charge in [-0.3, -0.25) is 19.8 Å². The summed E-state index contributed by atoms with van der Waals surface area (Å²) in [6.07, 6.45) is 10.8. The van der Waals surface area contributed by atoms with Gasteiger partial charge < -0.3 is 9.80 Å². The van der Waals surface area contributed by atoms with Crippen LogP contribution in [0.4, 0.5) is 5.82 Å². The van der Waals surface area contributed by atoms with Gasteiger partial charge in [0.15, 0.2) is 0 Å². The second-order valence-electron chi connectivity index (χ2n) is 9.64. The molecule has 7 nitrogen and oxygen atoms in total. The Labute approximate surface area is 229 Å². The van der Waals surface area contributed by atoms with Crippen LogP contribution >= 0.6 is 11.6 Å². The number of hydrogen-bond donors (Lipinski definition) is 0. The molecule has 0 atom stereocenters. The Balaban J connectivity index is 1.55. The second-order valence-corrected chi connectivity index (χ2v) is 10.0. The molecule has 1 fully saturated rings. The molecule has 8 heteroatoms. The molecule has 2 aromatic heterocycles. The average molecular weight is 529 g/mol. The quantitative estimate of drug-likeness (QED) is 0.258. The van der Waals surface area contributed by atoms with Gasteiger partial charge in [0.25, 0.3) is 0 Å². The van der Waals surface area contributed by atoms with E-state index in [-0.39, 0.29) is 5.91 Å². The SMILES string of the molecule is C=N/C=C\C=C(\C)CC(=O)N1CCN(c2cnc(-c3ccc(C(C)C)cc3)c(-c3ccncc3Cl)n2)CC1. The third kappa shape index (κ3) is 6.53. The number of carbonyl (C=O) groups excluding carboxylic acids is 1. The summed E-state index contributed by atoms with van der Waals surface area (Å²) in [5, 5.41) is 0.525. The lowest BCUT2D eigenvalue weighted by atomic mass is 9.99. The normalized spacial score (nSPS) is 14.4. The van der Waals surface area contributed by atoms with Crippen LogP contribution in [0.25, 0.3) is 22.5 Å². The minimum Gasteiger partial charge on any atom is -0.352 e. The molecule has 1 aliphatic heterocycles. The molecule has 0 radical (unpaired) electrons. The fourth-order valence-corrected chi connectivity index (χ4v) is 4.60. The summed E-state index contributed by atoms with van der Waals surface area (Å²) in [5.74, 6) is 1.33. The van der Waals surface area contributed by atoms with Crippen LogP contribution in [0.3, 0.4) is 0 Å². The number of hydrogen-bond acceptors (Lipinski definition) is 6. The van der Waals surface area contributed by atoms with E-state index in [1.54, 1.807) is 24.7 Å². The molecule has 0 bridgehead atoms. The van der Waals surface area contributed by atoms with E-state index in [4.69, 9.17) is 21.6 Å². The fraction of sp³-hybridized carbons (Fsp3) is 0.300. The number of amides is 1. The predicted octanol–water partition coefficient (Wildman–Crippen LogP) is 6.18. The monoisotopic (exact) mass is 528 g/mol. The third-order valence-corrected chi connectivity index (χ3v) is 6.90. The molecule has 38 heavy (non-hydrogen) atoms. The number of piperazine rings is 1. The molecule has 1 amide bonds. The molecular weight excluding hydrogens is 496 g/mol. The van der Waals surface area contributed by atoms with Crippen molar-refractivity contribution in [1.82, 2.24) is 19.9 Å². The van der Waals surface area contributed by atoms with Crippen molar-refractivity contribution in [1.29, 1.82) is 0 Å². The van der Waals surface area contributed by atoms with Crippen molar-refractivity contribution in [3.05, 3.63) is 83.4 Å². The Morgan fingerprint density at radius 2 is 1.84 bits per heavy atom. The van der Waals surface area contributed by atoms with Gasteiger partial charge in [-0.15, -0.1) is 0 Å². The molecule has 3 aromatic rings. The summed E-state index contributed by atoms with van der Waals surface area (Å²) < 4.78 is 0. The number of rotatable bonds is 8. The second kappa shape index (κ2) is 12.6. The summed E-state index contributed by atoms with van der Waals surface area (Å²) in [6.45, 7) is 12.3. The van der Waals surface area contributed by atoms with E-state index in [0.29, 0.717) is 49.2 Å². The molecule has 3 heterocycles. The van der Waals surface area contributed by atoms with Gasteiger partial charge in [-0.05, 0) is 37.3 Å². The zero-order valence-corrected chi connectivity index (χ0v) is 22.9. The summed E-state index contributed by atoms with van der Waals surface area (Å²) in [4.78, 5) is 34.6. The van der Waals surface area contributed by atoms with Gasteiger partial charge in [0.1, 0.15) is 11.5 Å². The van der Waals surface area contributed by atoms with Crippen molar-refractivity contribution >= 4 is 30.0 Å². The molecule has 0 spiro atoms. The number of anilines is 1. The molecule has 196 valence electrons. The maximum absolute atomic E-state index is 12.8. The molecule has 1 saturated heterocycles. The zero-order chi connectivity index (χ0) is 27.1. The molecule has 0 aliphatic carbocycles. The van der Waals surface area contributed by atoms with Gasteiger partial charge in [0.05, 0.1) is 16.9 Å². The Hall–Kier alpha value is -3.84. The van der Waals surface area contributed by atoms with Crippen LogP contribution < -0.4 is 4.90 Å². The fourth-order valence-electron chi connectivity index (χ4n) is 4.39. The van der Waals surface area contributed by atoms with Gasteiger partial charge in [0, 0.05) is 62.3 Å². The lowest BCUT2D eigenvalue weighted by Gasteiger charge is -2.35. The van der Waals surface area contributed by atoms with Crippen LogP contribution in [-0.2, 0) is 4.79 Å². The topological polar surface area (TPSA) is 74.6 Å². The van der Waals surface area contributed by atoms with Crippen LogP contribution in [0.1, 0.15) is 38.7 Å². The van der Waals surface area contributed by atoms with Gasteiger partial charge >= 0.3 is 0 Å². The largest absolute Gasteiger partial charge is 0.352 e. The lowest BCUT2D eigenvalue weighted by molar-refractivity contribution is -0.130. The average Bonchev–Trinajstić information content (AvgIpc) is 2.93. The van der Waals surface area contributed by atoms with Crippen molar-refractivity contribution in [2.45, 2.75) is 33.1 Å². The highest BCUT2D eigenvalue weighted by atomic mass is 35.5. The standard InChI is InChI=1S/C30H33ClN6O/c1-21(2)23-7-9-24(10-8-23)29-30(25-11-13-33-19-26(25)31)35-27(20-34-29)36-14-16-37(17-15-36)28(38)18-22(3)6-5-12-32-4/h5-13,19-21H,4,14-18H2,1-3H3/b12-5-,22-6-. The number of carbonyl (C=O) groups is 1. The molecule has 0 saturated carbocycles. The Bertz CT molecular complexity index is 1340. The van der Waals surface area contributed by atoms with Crippen molar-refractivity contribution < 1.29 is 4.79 Å². The molecule has 1 aromatic carbocycles. The highest BCUT2D eigenvalue weighted by molar-refractivity contribution is 6.33. The molecule has 0 unspecified atom stereocenters. The van der Waals surface area contributed by atoms with Crippen molar-refractivity contribution in [3.63, 3.8) is 0 Å². The number of benzene rings is 1. The molecule has 4 rings (SSSR count). The number of aliphatic imine (C=N–C) groups is 1. The Morgan fingerprint density at radius 1 is 1.11 bits per heavy atom. The number of aromatic nitrogens is 3. The highest BCUT2D eigenvalue weighted by Gasteiger charge is 2.24. The number of nitrogens with zero attached hydrogens (tertiary/aromatic N) is 6. The summed E-state index contributed by atoms with van der Waals surface area (Å²) >= 11 is 6.55. The third-order valence-electron chi connectivity index (χ3n) is 6.60. The van der Waals surface area contributed by atoms with Crippen LogP contribution in [-0.4, -0.2) is 58.7 Å². The van der Waals surface area contributed by atoms with E-state index >= 15 is 0 Å². The summed E-state index contributed by atoms with van der Waals surface area (Å²) in [5.41, 5.74) is 5.51. The van der Waals surface area contributed by atoms with Crippen LogP contribution in [0.15, 0.2) is 77.8 Å². The van der Waals surface area contributed by atoms with E-state index in [0.717, 1.165) is 28.2 Å². The van der Waals surface area contributed by atoms with Crippen molar-refractivity contribution in [2.24, 2.45) is 4.99 Å². The first-order chi connectivity index (χ1) is 18.4. The van der Waals surface area contributed by atoms with E-state index in [9.17, 15) is 4.79 Å². The van der Waals surface area contributed by atoms with Gasteiger partial charge in [-0.25, -0.2) is 4.98 Å². The first-order valence-electron chi connectivity index (χ1n) is 12.8. The van der Waals surface area contributed by atoms with Crippen molar-refractivity contribution in [3.8, 4) is 22.5 Å². The van der Waals surface area contributed by atoms with Crippen LogP contribution in [0, 0.1) is 0 Å². The summed E-state index contributed by atoms with van der Waals surface area (Å²) in [7, 11) is 0. The number of pyridine rings is 1. The van der Waals surface area contributed by atoms with Crippen molar-refractivity contribution in [2.75, 3.05) is 31.1 Å². The van der Waals surface area contributed by atoms with E-state index in [2.05, 4.69) is 59.7 Å². The minimum atomic E-state index is 0.119. The predicted molar refractivity (Wildman–Crippen MR) is 156 cm³/mol. The maximum atomic E-state index is 12.8. The smallest absolute Gasteiger partial charge is 0.226 e. The molecule has 0 N–H and O–H groups in total. The van der Waals surface area contributed by atoms with Gasteiger partial charge in [-0.1, -0.05) is 61.4 Å². The zero-order valence-electron chi connectivity index (χ0n) is 22.1. The maximum Gasteiger partial charge on any atom is 0.226 e.